The summed E-state index contributed by atoms with van der Waals surface area (Å²) in [5, 5.41) is 0.711. The minimum atomic E-state index is 0.355. The first-order chi connectivity index (χ1) is 24.1. The van der Waals surface area contributed by atoms with Gasteiger partial charge in [0, 0.05) is 31.5 Å². The summed E-state index contributed by atoms with van der Waals surface area (Å²) < 4.78 is 5.75. The number of rotatable bonds is 39. The van der Waals surface area contributed by atoms with E-state index in [-0.39, 0.29) is 0 Å². The van der Waals surface area contributed by atoms with Crippen LogP contribution in [0.2, 0.25) is 0 Å². The van der Waals surface area contributed by atoms with Crippen LogP contribution in [0.3, 0.4) is 0 Å². The van der Waals surface area contributed by atoms with Gasteiger partial charge in [-0.3, -0.25) is 9.59 Å². The molecule has 0 rings (SSSR count). The molecule has 0 aliphatic carbocycles. The second-order valence-electron chi connectivity index (χ2n) is 14.3. The molecule has 0 unspecified atom stereocenters. The molecule has 49 heavy (non-hydrogen) atoms. The Balaban J connectivity index is 3.49. The molecule has 0 N–H and O–H groups in total. The zero-order valence-electron chi connectivity index (χ0n) is 33.0. The van der Waals surface area contributed by atoms with E-state index in [9.17, 15) is 9.59 Å². The Bertz CT molecular complexity index is 690. The van der Waals surface area contributed by atoms with Crippen molar-refractivity contribution in [2.75, 3.05) is 18.6 Å². The van der Waals surface area contributed by atoms with Crippen molar-refractivity contribution in [1.29, 1.82) is 0 Å². The van der Waals surface area contributed by atoms with Gasteiger partial charge in [-0.05, 0) is 51.4 Å². The van der Waals surface area contributed by atoms with Crippen LogP contribution in [0.25, 0.3) is 0 Å². The van der Waals surface area contributed by atoms with Crippen LogP contribution in [-0.2, 0) is 14.3 Å². The highest BCUT2D eigenvalue weighted by atomic mass is 32.2. The van der Waals surface area contributed by atoms with Gasteiger partial charge in [0.25, 0.3) is 0 Å². The van der Waals surface area contributed by atoms with Crippen molar-refractivity contribution < 1.29 is 14.3 Å². The molecule has 0 saturated carbocycles. The Morgan fingerprint density at radius 1 is 0.449 bits per heavy atom. The summed E-state index contributed by atoms with van der Waals surface area (Å²) in [5.74, 6) is 1.68. The van der Waals surface area contributed by atoms with Crippen LogP contribution in [0.15, 0.2) is 24.3 Å². The van der Waals surface area contributed by atoms with E-state index in [1.54, 1.807) is 0 Å². The molecule has 0 atom stereocenters. The largest absolute Gasteiger partial charge is 0.381 e. The maximum atomic E-state index is 12.2. The molecule has 0 heterocycles. The fourth-order valence-electron chi connectivity index (χ4n) is 6.31. The van der Waals surface area contributed by atoms with Crippen LogP contribution >= 0.6 is 23.5 Å². The van der Waals surface area contributed by atoms with E-state index in [2.05, 4.69) is 38.2 Å². The lowest BCUT2D eigenvalue weighted by atomic mass is 10.0. The number of thioether (sulfide) groups is 2. The SMILES string of the molecule is CCCCCCCCCC/C=C\CSC(=O)CCCCCCCC(CCCCCCCC(=O)SC/C=C\CCCCCCCCCC)OC. The maximum Gasteiger partial charge on any atom is 0.189 e. The smallest absolute Gasteiger partial charge is 0.189 e. The third-order valence-corrected chi connectivity index (χ3v) is 11.4. The highest BCUT2D eigenvalue weighted by molar-refractivity contribution is 8.14. The lowest BCUT2D eigenvalue weighted by Gasteiger charge is -2.15. The van der Waals surface area contributed by atoms with Gasteiger partial charge in [-0.15, -0.1) is 0 Å². The molecule has 0 aromatic heterocycles. The second kappa shape index (κ2) is 41.9. The van der Waals surface area contributed by atoms with E-state index in [4.69, 9.17) is 4.74 Å². The Hall–Kier alpha value is -0.520. The van der Waals surface area contributed by atoms with Gasteiger partial charge in [0.2, 0.25) is 0 Å². The highest BCUT2D eigenvalue weighted by Gasteiger charge is 2.08. The molecule has 0 spiro atoms. The molecular weight excluding hydrogens is 641 g/mol. The topological polar surface area (TPSA) is 43.4 Å². The second-order valence-corrected chi connectivity index (χ2v) is 16.5. The molecule has 0 radical (unpaired) electrons. The van der Waals surface area contributed by atoms with Crippen LogP contribution in [0.4, 0.5) is 0 Å². The van der Waals surface area contributed by atoms with E-state index in [1.165, 1.54) is 165 Å². The van der Waals surface area contributed by atoms with E-state index in [1.807, 2.05) is 7.11 Å². The first-order valence-electron chi connectivity index (χ1n) is 21.3. The first-order valence-corrected chi connectivity index (χ1v) is 23.2. The van der Waals surface area contributed by atoms with Gasteiger partial charge in [-0.1, -0.05) is 203 Å². The molecular formula is C44H82O3S2. The van der Waals surface area contributed by atoms with Crippen LogP contribution < -0.4 is 0 Å². The minimum Gasteiger partial charge on any atom is -0.381 e. The Kier molecular flexibility index (Phi) is 41.5. The van der Waals surface area contributed by atoms with Gasteiger partial charge in [0.05, 0.1) is 6.10 Å². The lowest BCUT2D eigenvalue weighted by molar-refractivity contribution is -0.111. The fourth-order valence-corrected chi connectivity index (χ4v) is 7.73. The van der Waals surface area contributed by atoms with E-state index in [0.29, 0.717) is 16.3 Å². The quantitative estimate of drug-likeness (QED) is 0.0467. The average molecular weight is 723 g/mol. The molecule has 0 bridgehead atoms. The summed E-state index contributed by atoms with van der Waals surface area (Å²) in [6.07, 6.45) is 49.0. The molecule has 0 fully saturated rings. The fraction of sp³-hybridized carbons (Fsp3) is 0.864. The van der Waals surface area contributed by atoms with Crippen molar-refractivity contribution in [2.24, 2.45) is 0 Å². The molecule has 0 aromatic carbocycles. The number of carbonyl (C=O) groups excluding carboxylic acids is 2. The van der Waals surface area contributed by atoms with E-state index >= 15 is 0 Å². The monoisotopic (exact) mass is 723 g/mol. The van der Waals surface area contributed by atoms with Crippen molar-refractivity contribution in [3.8, 4) is 0 Å². The van der Waals surface area contributed by atoms with Crippen molar-refractivity contribution in [1.82, 2.24) is 0 Å². The summed E-state index contributed by atoms with van der Waals surface area (Å²) in [4.78, 5) is 24.3. The van der Waals surface area contributed by atoms with Crippen molar-refractivity contribution in [3.63, 3.8) is 0 Å². The van der Waals surface area contributed by atoms with Gasteiger partial charge < -0.3 is 4.74 Å². The van der Waals surface area contributed by atoms with Crippen molar-refractivity contribution in [2.45, 2.75) is 225 Å². The number of ether oxygens (including phenoxy) is 1. The van der Waals surface area contributed by atoms with E-state index in [0.717, 1.165) is 75.7 Å². The maximum absolute atomic E-state index is 12.2. The number of hydrogen-bond acceptors (Lipinski definition) is 5. The molecule has 288 valence electrons. The molecule has 0 aliphatic heterocycles. The van der Waals surface area contributed by atoms with Crippen LogP contribution in [-0.4, -0.2) is 35.0 Å². The zero-order valence-corrected chi connectivity index (χ0v) is 34.6. The number of hydrogen-bond donors (Lipinski definition) is 0. The molecule has 0 amide bonds. The Morgan fingerprint density at radius 2 is 0.776 bits per heavy atom. The number of carbonyl (C=O) groups is 2. The van der Waals surface area contributed by atoms with Gasteiger partial charge in [0.1, 0.15) is 0 Å². The van der Waals surface area contributed by atoms with Gasteiger partial charge in [-0.25, -0.2) is 0 Å². The average Bonchev–Trinajstić information content (AvgIpc) is 3.10. The Labute approximate surface area is 315 Å². The normalized spacial score (nSPS) is 11.9. The van der Waals surface area contributed by atoms with Gasteiger partial charge in [-0.2, -0.15) is 0 Å². The zero-order chi connectivity index (χ0) is 35.7. The summed E-state index contributed by atoms with van der Waals surface area (Å²) in [5.41, 5.74) is 0. The summed E-state index contributed by atoms with van der Waals surface area (Å²) >= 11 is 2.99. The predicted molar refractivity (Wildman–Crippen MR) is 223 cm³/mol. The number of methoxy groups -OCH3 is 1. The van der Waals surface area contributed by atoms with Crippen LogP contribution in [0.5, 0.6) is 0 Å². The summed E-state index contributed by atoms with van der Waals surface area (Å²) in [7, 11) is 1.86. The molecule has 5 heteroatoms. The predicted octanol–water partition coefficient (Wildman–Crippen LogP) is 15.2. The van der Waals surface area contributed by atoms with Crippen molar-refractivity contribution >= 4 is 33.8 Å². The molecule has 0 aromatic rings. The highest BCUT2D eigenvalue weighted by Crippen LogP contribution is 2.18. The lowest BCUT2D eigenvalue weighted by Crippen LogP contribution is -2.10. The number of unbranched alkanes of at least 4 members (excludes halogenated alkanes) is 24. The van der Waals surface area contributed by atoms with Crippen LogP contribution in [0.1, 0.15) is 219 Å². The summed E-state index contributed by atoms with van der Waals surface area (Å²) in [6, 6.07) is 0. The minimum absolute atomic E-state index is 0.355. The van der Waals surface area contributed by atoms with Gasteiger partial charge >= 0.3 is 0 Å². The third-order valence-electron chi connectivity index (χ3n) is 9.61. The Morgan fingerprint density at radius 3 is 1.14 bits per heavy atom. The third kappa shape index (κ3) is 40.1. The molecule has 0 saturated heterocycles. The molecule has 3 nitrogen and oxygen atoms in total. The first kappa shape index (κ1) is 48.5. The molecule has 0 aliphatic rings. The van der Waals surface area contributed by atoms with Crippen molar-refractivity contribution in [3.05, 3.63) is 24.3 Å². The van der Waals surface area contributed by atoms with E-state index < -0.39 is 0 Å². The van der Waals surface area contributed by atoms with Crippen LogP contribution in [0, 0.1) is 0 Å². The summed E-state index contributed by atoms with van der Waals surface area (Å²) in [6.45, 7) is 4.55. The van der Waals surface area contributed by atoms with Gasteiger partial charge in [0.15, 0.2) is 10.2 Å². The number of allylic oxidation sites excluding steroid dienone is 2. The standard InChI is InChI=1S/C44H82O3S2/c1-4-6-8-10-12-14-16-18-20-28-34-40-48-43(45)38-32-26-22-24-30-36-42(47-3)37-31-25-23-27-33-39-44(46)49-41-35-29-21-19-17-15-13-11-9-7-5-2/h28-29,34-35,42H,4-27,30-33,36-41H2,1-3H3/b34-28-,35-29-.